The summed E-state index contributed by atoms with van der Waals surface area (Å²) >= 11 is 0. The summed E-state index contributed by atoms with van der Waals surface area (Å²) in [4.78, 5) is 19.0. The molecule has 0 N–H and O–H groups in total. The van der Waals surface area contributed by atoms with Gasteiger partial charge in [-0.05, 0) is 30.3 Å². The first-order chi connectivity index (χ1) is 22.6. The fourth-order valence-electron chi connectivity index (χ4n) is 5.34. The molecule has 5 nitrogen and oxygen atoms in total. The first-order valence-corrected chi connectivity index (χ1v) is 14.3. The third-order valence-corrected chi connectivity index (χ3v) is 7.50. The van der Waals surface area contributed by atoms with Crippen LogP contribution in [-0.2, 0) is 12.4 Å². The molecule has 0 atom stereocenters. The zero-order valence-electron chi connectivity index (χ0n) is 24.1. The summed E-state index contributed by atoms with van der Waals surface area (Å²) in [5.41, 5.74) is -0.250. The number of nitrogens with zero attached hydrogens (tertiary/aromatic N) is 5. The Kier molecular flexibility index (Phi) is 7.31. The van der Waals surface area contributed by atoms with E-state index in [9.17, 15) is 26.3 Å². The van der Waals surface area contributed by atoms with Gasteiger partial charge in [-0.15, -0.1) is 0 Å². The summed E-state index contributed by atoms with van der Waals surface area (Å²) < 4.78 is 85.0. The molecule has 2 heterocycles. The maximum absolute atomic E-state index is 13.9. The molecule has 0 aliphatic rings. The molecule has 7 rings (SSSR count). The molecule has 0 radical (unpaired) electrons. The molecule has 0 fully saturated rings. The van der Waals surface area contributed by atoms with Crippen molar-refractivity contribution < 1.29 is 26.3 Å². The van der Waals surface area contributed by atoms with E-state index in [1.54, 1.807) is 48.5 Å². The van der Waals surface area contributed by atoms with Crippen molar-refractivity contribution in [3.63, 3.8) is 0 Å². The van der Waals surface area contributed by atoms with Gasteiger partial charge in [-0.3, -0.25) is 4.57 Å². The van der Waals surface area contributed by atoms with Crippen LogP contribution in [0.4, 0.5) is 26.3 Å². The minimum Gasteiger partial charge on any atom is -0.292 e. The second-order valence-electron chi connectivity index (χ2n) is 10.6. The van der Waals surface area contributed by atoms with E-state index >= 15 is 0 Å². The number of para-hydroxylation sites is 2. The molecular weight excluding hydrogens is 616 g/mol. The van der Waals surface area contributed by atoms with Gasteiger partial charge < -0.3 is 0 Å². The Hall–Kier alpha value is -5.84. The number of rotatable bonds is 5. The van der Waals surface area contributed by atoms with Gasteiger partial charge in [-0.1, -0.05) is 97.1 Å². The molecule has 0 amide bonds. The highest BCUT2D eigenvalue weighted by Gasteiger charge is 2.37. The van der Waals surface area contributed by atoms with Crippen LogP contribution < -0.4 is 0 Å². The molecule has 232 valence electrons. The Morgan fingerprint density at radius 1 is 0.447 bits per heavy atom. The molecule has 47 heavy (non-hydrogen) atoms. The summed E-state index contributed by atoms with van der Waals surface area (Å²) in [6.07, 6.45) is -10.1. The van der Waals surface area contributed by atoms with Crippen LogP contribution in [0.25, 0.3) is 62.3 Å². The summed E-state index contributed by atoms with van der Waals surface area (Å²) in [5, 5.41) is 0. The lowest BCUT2D eigenvalue weighted by Crippen LogP contribution is -2.13. The second kappa shape index (κ2) is 11.5. The Morgan fingerprint density at radius 2 is 0.915 bits per heavy atom. The minimum absolute atomic E-state index is 0.108. The van der Waals surface area contributed by atoms with E-state index in [2.05, 4.69) is 0 Å². The predicted octanol–water partition coefficient (Wildman–Crippen LogP) is 9.92. The quantitative estimate of drug-likeness (QED) is 0.176. The maximum Gasteiger partial charge on any atom is 0.416 e. The lowest BCUT2D eigenvalue weighted by atomic mass is 10.0. The smallest absolute Gasteiger partial charge is 0.292 e. The Bertz CT molecular complexity index is 2140. The van der Waals surface area contributed by atoms with Gasteiger partial charge >= 0.3 is 12.4 Å². The molecule has 0 spiro atoms. The Labute approximate surface area is 263 Å². The summed E-state index contributed by atoms with van der Waals surface area (Å²) in [6.45, 7) is 0. The molecule has 11 heteroatoms. The van der Waals surface area contributed by atoms with Crippen LogP contribution in [0.1, 0.15) is 11.1 Å². The third kappa shape index (κ3) is 5.83. The average Bonchev–Trinajstić information content (AvgIpc) is 3.47. The second-order valence-corrected chi connectivity index (χ2v) is 10.6. The predicted molar refractivity (Wildman–Crippen MR) is 166 cm³/mol. The van der Waals surface area contributed by atoms with E-state index < -0.39 is 23.5 Å². The van der Waals surface area contributed by atoms with Gasteiger partial charge in [0.15, 0.2) is 17.5 Å². The van der Waals surface area contributed by atoms with Crippen LogP contribution in [0.5, 0.6) is 0 Å². The van der Waals surface area contributed by atoms with Crippen LogP contribution in [-0.4, -0.2) is 24.5 Å². The van der Waals surface area contributed by atoms with E-state index in [1.165, 1.54) is 4.57 Å². The van der Waals surface area contributed by atoms with Crippen LogP contribution in [0.3, 0.4) is 0 Å². The fourth-order valence-corrected chi connectivity index (χ4v) is 5.34. The highest BCUT2D eigenvalue weighted by molar-refractivity contribution is 5.87. The van der Waals surface area contributed by atoms with Crippen molar-refractivity contribution in [3.8, 4) is 51.2 Å². The number of alkyl halides is 6. The molecule has 0 bridgehead atoms. The van der Waals surface area contributed by atoms with Gasteiger partial charge in [0, 0.05) is 27.9 Å². The van der Waals surface area contributed by atoms with Crippen molar-refractivity contribution in [2.24, 2.45) is 0 Å². The van der Waals surface area contributed by atoms with Gasteiger partial charge in [0.05, 0.1) is 22.2 Å². The van der Waals surface area contributed by atoms with Gasteiger partial charge in [0.2, 0.25) is 0 Å². The Balaban J connectivity index is 1.50. The molecule has 0 saturated carbocycles. The number of halogens is 6. The molecule has 2 aromatic heterocycles. The zero-order valence-corrected chi connectivity index (χ0v) is 24.1. The topological polar surface area (TPSA) is 56.5 Å². The largest absolute Gasteiger partial charge is 0.416 e. The fraction of sp³-hybridized carbons (Fsp3) is 0.0556. The molecule has 0 unspecified atom stereocenters. The van der Waals surface area contributed by atoms with Crippen molar-refractivity contribution in [1.29, 1.82) is 0 Å². The van der Waals surface area contributed by atoms with Crippen molar-refractivity contribution in [2.45, 2.75) is 12.4 Å². The Morgan fingerprint density at radius 3 is 1.47 bits per heavy atom. The van der Waals surface area contributed by atoms with Gasteiger partial charge in [-0.2, -0.15) is 26.3 Å². The lowest BCUT2D eigenvalue weighted by molar-refractivity contribution is -0.143. The van der Waals surface area contributed by atoms with Crippen LogP contribution in [0.15, 0.2) is 127 Å². The van der Waals surface area contributed by atoms with Gasteiger partial charge in [0.25, 0.3) is 0 Å². The summed E-state index contributed by atoms with van der Waals surface area (Å²) in [6, 6.07) is 33.4. The van der Waals surface area contributed by atoms with Gasteiger partial charge in [-0.25, -0.2) is 19.9 Å². The van der Waals surface area contributed by atoms with Gasteiger partial charge in [0.1, 0.15) is 5.82 Å². The van der Waals surface area contributed by atoms with E-state index in [0.29, 0.717) is 45.9 Å². The summed E-state index contributed by atoms with van der Waals surface area (Å²) in [7, 11) is 0. The standard InChI is InChI=1S/C36H21F6N5/c37-35(38,39)24-19-25(36(40,41)42)21-26(20-24)47-30-18-10-9-17-29(30)43-34(47)28-16-8-7-15-27(28)33-45-31(22-11-3-1-4-12-22)44-32(46-33)23-13-5-2-6-14-23/h1-21H. The van der Waals surface area contributed by atoms with Crippen molar-refractivity contribution in [2.75, 3.05) is 0 Å². The number of benzene rings is 5. The molecule has 5 aromatic carbocycles. The van der Waals surface area contributed by atoms with Crippen LogP contribution in [0, 0.1) is 0 Å². The van der Waals surface area contributed by atoms with E-state index in [-0.39, 0.29) is 23.4 Å². The number of imidazole rings is 1. The van der Waals surface area contributed by atoms with Crippen LogP contribution in [0.2, 0.25) is 0 Å². The first-order valence-electron chi connectivity index (χ1n) is 14.3. The molecule has 0 aliphatic carbocycles. The van der Waals surface area contributed by atoms with Crippen molar-refractivity contribution >= 4 is 11.0 Å². The van der Waals surface area contributed by atoms with Crippen LogP contribution >= 0.6 is 0 Å². The van der Waals surface area contributed by atoms with E-state index in [4.69, 9.17) is 19.9 Å². The third-order valence-electron chi connectivity index (χ3n) is 7.50. The average molecular weight is 638 g/mol. The molecule has 7 aromatic rings. The summed E-state index contributed by atoms with van der Waals surface area (Å²) in [5.74, 6) is 1.11. The number of hydrogen-bond acceptors (Lipinski definition) is 4. The molecule has 0 aliphatic heterocycles. The number of fused-ring (bicyclic) bond motifs is 1. The molecular formula is C36H21F6N5. The maximum atomic E-state index is 13.9. The lowest BCUT2D eigenvalue weighted by Gasteiger charge is -2.17. The molecule has 0 saturated heterocycles. The minimum atomic E-state index is -5.03. The van der Waals surface area contributed by atoms with Crippen molar-refractivity contribution in [3.05, 3.63) is 139 Å². The highest BCUT2D eigenvalue weighted by Crippen LogP contribution is 2.40. The number of aromatic nitrogens is 5. The monoisotopic (exact) mass is 637 g/mol. The number of hydrogen-bond donors (Lipinski definition) is 0. The first kappa shape index (κ1) is 29.8. The van der Waals surface area contributed by atoms with Crippen molar-refractivity contribution in [1.82, 2.24) is 24.5 Å². The zero-order chi connectivity index (χ0) is 32.8. The normalized spacial score (nSPS) is 12.0. The SMILES string of the molecule is FC(F)(F)c1cc(-n2c(-c3ccccc3-c3nc(-c4ccccc4)nc(-c4ccccc4)n3)nc3ccccc32)cc(C(F)(F)F)c1. The highest BCUT2D eigenvalue weighted by atomic mass is 19.4. The van der Waals surface area contributed by atoms with E-state index in [0.717, 1.165) is 11.1 Å². The van der Waals surface area contributed by atoms with E-state index in [1.807, 2.05) is 60.7 Å².